The van der Waals surface area contributed by atoms with Crippen molar-refractivity contribution in [2.75, 3.05) is 35.6 Å². The third-order valence-electron chi connectivity index (χ3n) is 6.11. The molecule has 0 saturated carbocycles. The second-order valence-electron chi connectivity index (χ2n) is 7.70. The van der Waals surface area contributed by atoms with Crippen LogP contribution in [0.2, 0.25) is 5.02 Å². The molecule has 5 N–H and O–H groups in total. The maximum atomic E-state index is 6.42. The van der Waals surface area contributed by atoms with Crippen molar-refractivity contribution >= 4 is 46.5 Å². The molecule has 2 saturated heterocycles. The van der Waals surface area contributed by atoms with E-state index >= 15 is 0 Å². The smallest absolute Gasteiger partial charge is 0.165 e. The van der Waals surface area contributed by atoms with Crippen LogP contribution in [0.15, 0.2) is 22.3 Å². The molecule has 10 heteroatoms. The Morgan fingerprint density at radius 2 is 2.11 bits per heavy atom. The predicted molar refractivity (Wildman–Crippen MR) is 110 cm³/mol. The first-order chi connectivity index (χ1) is 13.5. The van der Waals surface area contributed by atoms with E-state index in [4.69, 9.17) is 32.8 Å². The summed E-state index contributed by atoms with van der Waals surface area (Å²) in [6.45, 7) is 4.61. The van der Waals surface area contributed by atoms with Gasteiger partial charge in [-0.05, 0) is 19.8 Å². The molecule has 0 amide bonds. The summed E-state index contributed by atoms with van der Waals surface area (Å²) in [5, 5.41) is 4.50. The van der Waals surface area contributed by atoms with Crippen LogP contribution < -0.4 is 21.7 Å². The predicted octanol–water partition coefficient (Wildman–Crippen LogP) is 2.65. The highest BCUT2D eigenvalue weighted by Crippen LogP contribution is 2.47. The number of piperidine rings is 1. The van der Waals surface area contributed by atoms with Crippen LogP contribution in [0.4, 0.5) is 23.1 Å². The topological polar surface area (TPSA) is 115 Å². The minimum Gasteiger partial charge on any atom is -0.382 e. The highest BCUT2D eigenvalue weighted by Gasteiger charge is 2.47. The monoisotopic (exact) mass is 419 g/mol. The van der Waals surface area contributed by atoms with E-state index in [1.807, 2.05) is 6.20 Å². The van der Waals surface area contributed by atoms with Gasteiger partial charge >= 0.3 is 0 Å². The molecule has 2 aromatic rings. The van der Waals surface area contributed by atoms with E-state index in [0.29, 0.717) is 16.7 Å². The summed E-state index contributed by atoms with van der Waals surface area (Å²) >= 11 is 7.74. The number of anilines is 4. The Kier molecular flexibility index (Phi) is 4.31. The van der Waals surface area contributed by atoms with Gasteiger partial charge in [-0.3, -0.25) is 0 Å². The van der Waals surface area contributed by atoms with Gasteiger partial charge in [0.1, 0.15) is 16.7 Å². The minimum absolute atomic E-state index is 0.0902. The second-order valence-corrected chi connectivity index (χ2v) is 9.08. The number of nitrogen functional groups attached to an aromatic ring is 1. The lowest BCUT2D eigenvalue weighted by Gasteiger charge is -2.41. The molecule has 28 heavy (non-hydrogen) atoms. The van der Waals surface area contributed by atoms with Crippen LogP contribution in [0.1, 0.15) is 19.8 Å². The molecule has 2 aromatic heterocycles. The molecule has 0 radical (unpaired) electrons. The van der Waals surface area contributed by atoms with E-state index in [1.54, 1.807) is 6.20 Å². The molecule has 5 heterocycles. The van der Waals surface area contributed by atoms with Gasteiger partial charge in [-0.1, -0.05) is 23.4 Å². The molecule has 1 spiro atoms. The Balaban J connectivity index is 1.35. The Hall–Kier alpha value is -1.81. The van der Waals surface area contributed by atoms with Crippen LogP contribution in [0.3, 0.4) is 0 Å². The van der Waals surface area contributed by atoms with Gasteiger partial charge in [-0.15, -0.1) is 0 Å². The van der Waals surface area contributed by atoms with Crippen LogP contribution in [-0.2, 0) is 4.74 Å². The standard InChI is InChI=1S/C18H22ClN7OS/c1-9-14(20)18(8-27-9)2-4-26(5-3-18)11-7-23-17-16(25-11)24-10-6-22-15(21)12(19)13(10)28-17/h6-7,9,14H,2-5,8,20H2,1H3,(H2,21,22)(H,24,25)/t9-,14+/m0/s1. The lowest BCUT2D eigenvalue weighted by Crippen LogP contribution is -2.50. The van der Waals surface area contributed by atoms with Gasteiger partial charge in [0.2, 0.25) is 0 Å². The molecule has 0 bridgehead atoms. The summed E-state index contributed by atoms with van der Waals surface area (Å²) < 4.78 is 5.82. The number of nitrogens with one attached hydrogen (secondary N) is 1. The molecular formula is C18H22ClN7OS. The van der Waals surface area contributed by atoms with E-state index in [0.717, 1.165) is 54.0 Å². The molecule has 148 valence electrons. The van der Waals surface area contributed by atoms with Crippen molar-refractivity contribution in [1.29, 1.82) is 0 Å². The summed E-state index contributed by atoms with van der Waals surface area (Å²) in [6, 6.07) is 0.100. The fraction of sp³-hybridized carbons (Fsp3) is 0.500. The van der Waals surface area contributed by atoms with Gasteiger partial charge in [0.05, 0.1) is 40.7 Å². The Morgan fingerprint density at radius 1 is 1.32 bits per heavy atom. The fourth-order valence-corrected chi connectivity index (χ4v) is 5.39. The number of rotatable bonds is 1. The number of nitrogens with two attached hydrogens (primary N) is 2. The summed E-state index contributed by atoms with van der Waals surface area (Å²) in [7, 11) is 0. The summed E-state index contributed by atoms with van der Waals surface area (Å²) in [4.78, 5) is 16.6. The number of fused-ring (bicyclic) bond motifs is 2. The van der Waals surface area contributed by atoms with Gasteiger partial charge in [-0.2, -0.15) is 0 Å². The third-order valence-corrected chi connectivity index (χ3v) is 7.72. The summed E-state index contributed by atoms with van der Waals surface area (Å²) in [6.07, 6.45) is 5.63. The molecule has 8 nitrogen and oxygen atoms in total. The third kappa shape index (κ3) is 2.80. The minimum atomic E-state index is 0.0902. The number of hydrogen-bond acceptors (Lipinski definition) is 9. The Bertz CT molecular complexity index is 934. The highest BCUT2D eigenvalue weighted by molar-refractivity contribution is 7.99. The largest absolute Gasteiger partial charge is 0.382 e. The van der Waals surface area contributed by atoms with E-state index in [9.17, 15) is 0 Å². The number of ether oxygens (including phenoxy) is 1. The molecule has 5 rings (SSSR count). The van der Waals surface area contributed by atoms with E-state index < -0.39 is 0 Å². The number of aromatic nitrogens is 3. The zero-order chi connectivity index (χ0) is 19.5. The lowest BCUT2D eigenvalue weighted by molar-refractivity contribution is 0.0974. The Labute approximate surface area is 172 Å². The van der Waals surface area contributed by atoms with Gasteiger partial charge < -0.3 is 26.4 Å². The first kappa shape index (κ1) is 18.2. The van der Waals surface area contributed by atoms with Crippen LogP contribution >= 0.6 is 23.4 Å². The van der Waals surface area contributed by atoms with E-state index in [2.05, 4.69) is 27.1 Å². The van der Waals surface area contributed by atoms with Gasteiger partial charge in [0.25, 0.3) is 0 Å². The van der Waals surface area contributed by atoms with Crippen molar-refractivity contribution in [3.63, 3.8) is 0 Å². The molecule has 0 aliphatic carbocycles. The number of nitrogens with zero attached hydrogens (tertiary/aromatic N) is 4. The highest BCUT2D eigenvalue weighted by atomic mass is 35.5. The van der Waals surface area contributed by atoms with E-state index in [1.165, 1.54) is 11.8 Å². The fourth-order valence-electron chi connectivity index (χ4n) is 4.23. The molecule has 3 aliphatic heterocycles. The molecule has 2 fully saturated rings. The second kappa shape index (κ2) is 6.62. The SMILES string of the molecule is C[C@@H]1OCC2(CCN(c3cnc4c(n3)Nc3cnc(N)c(Cl)c3S4)CC2)[C@@H]1N. The average molecular weight is 420 g/mol. The van der Waals surface area contributed by atoms with Crippen molar-refractivity contribution in [3.05, 3.63) is 17.4 Å². The van der Waals surface area contributed by atoms with Crippen LogP contribution in [0.25, 0.3) is 0 Å². The zero-order valence-corrected chi connectivity index (χ0v) is 17.1. The maximum absolute atomic E-state index is 6.42. The van der Waals surface area contributed by atoms with Crippen molar-refractivity contribution in [2.45, 2.75) is 41.8 Å². The first-order valence-corrected chi connectivity index (χ1v) is 10.5. The number of hydrogen-bond donors (Lipinski definition) is 3. The van der Waals surface area contributed by atoms with Gasteiger partial charge in [0.15, 0.2) is 5.82 Å². The molecular weight excluding hydrogens is 398 g/mol. The molecule has 0 unspecified atom stereocenters. The number of halogens is 1. The van der Waals surface area contributed by atoms with Crippen molar-refractivity contribution in [1.82, 2.24) is 15.0 Å². The quantitative estimate of drug-likeness (QED) is 0.547. The maximum Gasteiger partial charge on any atom is 0.165 e. The molecule has 2 atom stereocenters. The first-order valence-electron chi connectivity index (χ1n) is 9.35. The van der Waals surface area contributed by atoms with Crippen molar-refractivity contribution in [3.8, 4) is 0 Å². The Morgan fingerprint density at radius 3 is 2.82 bits per heavy atom. The summed E-state index contributed by atoms with van der Waals surface area (Å²) in [5.41, 5.74) is 13.1. The van der Waals surface area contributed by atoms with Crippen molar-refractivity contribution in [2.24, 2.45) is 11.1 Å². The average Bonchev–Trinajstić information content (AvgIpc) is 2.98. The van der Waals surface area contributed by atoms with Crippen LogP contribution in [0, 0.1) is 5.41 Å². The van der Waals surface area contributed by atoms with Crippen LogP contribution in [-0.4, -0.2) is 46.8 Å². The normalized spacial score (nSPS) is 25.3. The van der Waals surface area contributed by atoms with Crippen LogP contribution in [0.5, 0.6) is 0 Å². The van der Waals surface area contributed by atoms with Gasteiger partial charge in [0, 0.05) is 24.5 Å². The lowest BCUT2D eigenvalue weighted by atomic mass is 9.73. The number of pyridine rings is 1. The molecule has 3 aliphatic rings. The van der Waals surface area contributed by atoms with E-state index in [-0.39, 0.29) is 17.6 Å². The van der Waals surface area contributed by atoms with Gasteiger partial charge in [-0.25, -0.2) is 15.0 Å². The zero-order valence-electron chi connectivity index (χ0n) is 15.5. The van der Waals surface area contributed by atoms with Crippen molar-refractivity contribution < 1.29 is 4.74 Å². The summed E-state index contributed by atoms with van der Waals surface area (Å²) in [5.74, 6) is 1.89. The molecule has 0 aromatic carbocycles.